The fraction of sp³-hybridized carbons (Fsp3) is 0.923. The van der Waals surface area contributed by atoms with Crippen molar-refractivity contribution in [1.29, 1.82) is 0 Å². The number of morpholine rings is 1. The Balaban J connectivity index is 1.99. The number of ether oxygens (including phenoxy) is 1. The lowest BCUT2D eigenvalue weighted by atomic mass is 9.94. The van der Waals surface area contributed by atoms with Gasteiger partial charge in [-0.3, -0.25) is 4.79 Å². The lowest BCUT2D eigenvalue weighted by molar-refractivity contribution is -0.152. The Hall–Kier alpha value is -0.650. The van der Waals surface area contributed by atoms with Crippen molar-refractivity contribution < 1.29 is 14.6 Å². The summed E-state index contributed by atoms with van der Waals surface area (Å²) in [5.41, 5.74) is 5.74. The maximum absolute atomic E-state index is 12.5. The molecule has 4 unspecified atom stereocenters. The molecule has 1 heterocycles. The van der Waals surface area contributed by atoms with E-state index >= 15 is 0 Å². The van der Waals surface area contributed by atoms with Crippen LogP contribution < -0.4 is 5.73 Å². The normalized spacial score (nSPS) is 36.9. The highest BCUT2D eigenvalue weighted by atomic mass is 16.5. The minimum atomic E-state index is -0.240. The van der Waals surface area contributed by atoms with Gasteiger partial charge in [0.15, 0.2) is 0 Å². The largest absolute Gasteiger partial charge is 0.394 e. The second-order valence-corrected chi connectivity index (χ2v) is 5.53. The number of carbonyl (C=O) groups excluding carboxylic acids is 1. The lowest BCUT2D eigenvalue weighted by Crippen LogP contribution is -2.52. The monoisotopic (exact) mass is 256 g/mol. The van der Waals surface area contributed by atoms with Crippen LogP contribution in [0.25, 0.3) is 0 Å². The molecule has 0 aromatic rings. The molecule has 2 aliphatic rings. The summed E-state index contributed by atoms with van der Waals surface area (Å²) in [6.07, 6.45) is 2.88. The smallest absolute Gasteiger partial charge is 0.226 e. The van der Waals surface area contributed by atoms with Crippen LogP contribution in [0.2, 0.25) is 0 Å². The first kappa shape index (κ1) is 13.8. The summed E-state index contributed by atoms with van der Waals surface area (Å²) in [5.74, 6) is 0.624. The number of hydrogen-bond acceptors (Lipinski definition) is 4. The number of rotatable bonds is 3. The Labute approximate surface area is 108 Å². The number of aliphatic hydroxyl groups is 1. The fourth-order valence-corrected chi connectivity index (χ4v) is 3.20. The summed E-state index contributed by atoms with van der Waals surface area (Å²) in [6.45, 7) is 3.65. The third-order valence-electron chi connectivity index (χ3n) is 4.12. The molecule has 2 fully saturated rings. The molecule has 18 heavy (non-hydrogen) atoms. The van der Waals surface area contributed by atoms with Crippen molar-refractivity contribution in [2.75, 3.05) is 26.2 Å². The van der Waals surface area contributed by atoms with Crippen LogP contribution in [0.4, 0.5) is 0 Å². The summed E-state index contributed by atoms with van der Waals surface area (Å²) < 4.78 is 5.56. The minimum Gasteiger partial charge on any atom is -0.394 e. The first-order chi connectivity index (χ1) is 8.65. The number of nitrogens with zero attached hydrogens (tertiary/aromatic N) is 1. The highest BCUT2D eigenvalue weighted by Gasteiger charge is 2.37. The van der Waals surface area contributed by atoms with Gasteiger partial charge in [-0.05, 0) is 32.2 Å². The van der Waals surface area contributed by atoms with Crippen LogP contribution >= 0.6 is 0 Å². The van der Waals surface area contributed by atoms with E-state index in [1.54, 1.807) is 0 Å². The van der Waals surface area contributed by atoms with Gasteiger partial charge >= 0.3 is 0 Å². The molecule has 1 aliphatic carbocycles. The molecule has 2 rings (SSSR count). The molecule has 1 amide bonds. The molecule has 1 saturated carbocycles. The number of hydrogen-bond donors (Lipinski definition) is 2. The van der Waals surface area contributed by atoms with Crippen molar-refractivity contribution in [3.63, 3.8) is 0 Å². The maximum Gasteiger partial charge on any atom is 0.226 e. The lowest BCUT2D eigenvalue weighted by Gasteiger charge is -2.38. The van der Waals surface area contributed by atoms with Crippen LogP contribution in [-0.2, 0) is 9.53 Å². The molecule has 0 spiro atoms. The van der Waals surface area contributed by atoms with Crippen LogP contribution in [0, 0.1) is 11.8 Å². The van der Waals surface area contributed by atoms with E-state index < -0.39 is 0 Å². The van der Waals surface area contributed by atoms with E-state index in [1.807, 2.05) is 11.8 Å². The summed E-state index contributed by atoms with van der Waals surface area (Å²) in [7, 11) is 0. The zero-order chi connectivity index (χ0) is 13.1. The molecular weight excluding hydrogens is 232 g/mol. The molecule has 1 aliphatic heterocycles. The first-order valence-electron chi connectivity index (χ1n) is 6.90. The molecule has 4 atom stereocenters. The molecule has 5 heteroatoms. The molecule has 5 nitrogen and oxygen atoms in total. The van der Waals surface area contributed by atoms with Crippen LogP contribution in [0.15, 0.2) is 0 Å². The minimum absolute atomic E-state index is 0.00224. The van der Waals surface area contributed by atoms with Crippen molar-refractivity contribution in [1.82, 2.24) is 4.90 Å². The Morgan fingerprint density at radius 1 is 1.44 bits per heavy atom. The molecule has 0 bridgehead atoms. The highest BCUT2D eigenvalue weighted by Crippen LogP contribution is 2.33. The Bertz CT molecular complexity index is 298. The topological polar surface area (TPSA) is 75.8 Å². The van der Waals surface area contributed by atoms with Crippen molar-refractivity contribution in [3.05, 3.63) is 0 Å². The molecule has 0 aromatic carbocycles. The summed E-state index contributed by atoms with van der Waals surface area (Å²) in [6, 6.07) is 0. The zero-order valence-corrected chi connectivity index (χ0v) is 11.0. The second kappa shape index (κ2) is 5.99. The predicted octanol–water partition coefficient (Wildman–Crippen LogP) is -0.0304. The van der Waals surface area contributed by atoms with Crippen molar-refractivity contribution >= 4 is 5.91 Å². The van der Waals surface area contributed by atoms with Crippen molar-refractivity contribution in [2.24, 2.45) is 17.6 Å². The van der Waals surface area contributed by atoms with E-state index in [0.29, 0.717) is 25.6 Å². The van der Waals surface area contributed by atoms with E-state index in [2.05, 4.69) is 0 Å². The van der Waals surface area contributed by atoms with Gasteiger partial charge in [0.05, 0.1) is 18.8 Å². The fourth-order valence-electron chi connectivity index (χ4n) is 3.20. The highest BCUT2D eigenvalue weighted by molar-refractivity contribution is 5.79. The number of carbonyl (C=O) groups is 1. The SMILES string of the molecule is CC1CN(C(=O)C2CCCC2CN)CC(CO)O1. The third-order valence-corrected chi connectivity index (χ3v) is 4.12. The van der Waals surface area contributed by atoms with E-state index in [9.17, 15) is 9.90 Å². The van der Waals surface area contributed by atoms with Gasteiger partial charge in [0.1, 0.15) is 0 Å². The van der Waals surface area contributed by atoms with Gasteiger partial charge in [-0.1, -0.05) is 6.42 Å². The molecule has 0 aromatic heterocycles. The van der Waals surface area contributed by atoms with Crippen molar-refractivity contribution in [2.45, 2.75) is 38.4 Å². The maximum atomic E-state index is 12.5. The first-order valence-corrected chi connectivity index (χ1v) is 6.90. The van der Waals surface area contributed by atoms with Gasteiger partial charge in [-0.25, -0.2) is 0 Å². The van der Waals surface area contributed by atoms with Crippen LogP contribution in [-0.4, -0.2) is 54.4 Å². The summed E-state index contributed by atoms with van der Waals surface area (Å²) in [4.78, 5) is 14.4. The summed E-state index contributed by atoms with van der Waals surface area (Å²) in [5, 5.41) is 9.19. The van der Waals surface area contributed by atoms with Gasteiger partial charge < -0.3 is 20.5 Å². The quantitative estimate of drug-likeness (QED) is 0.743. The average molecular weight is 256 g/mol. The molecule has 104 valence electrons. The van der Waals surface area contributed by atoms with Gasteiger partial charge in [-0.2, -0.15) is 0 Å². The molecular formula is C13H24N2O3. The summed E-state index contributed by atoms with van der Waals surface area (Å²) >= 11 is 0. The standard InChI is InChI=1S/C13H24N2O3/c1-9-6-15(7-11(8-16)18-9)13(17)12-4-2-3-10(12)5-14/h9-12,16H,2-8,14H2,1H3. The van der Waals surface area contributed by atoms with Gasteiger partial charge in [-0.15, -0.1) is 0 Å². The Morgan fingerprint density at radius 3 is 2.89 bits per heavy atom. The second-order valence-electron chi connectivity index (χ2n) is 5.53. The van der Waals surface area contributed by atoms with E-state index in [4.69, 9.17) is 10.5 Å². The van der Waals surface area contributed by atoms with Crippen molar-refractivity contribution in [3.8, 4) is 0 Å². The number of aliphatic hydroxyl groups excluding tert-OH is 1. The number of nitrogens with two attached hydrogens (primary N) is 1. The Kier molecular flexibility index (Phi) is 4.59. The van der Waals surface area contributed by atoms with E-state index in [-0.39, 0.29) is 30.6 Å². The third kappa shape index (κ3) is 2.84. The molecule has 3 N–H and O–H groups in total. The van der Waals surface area contributed by atoms with E-state index in [1.165, 1.54) is 0 Å². The van der Waals surface area contributed by atoms with E-state index in [0.717, 1.165) is 19.3 Å². The van der Waals surface area contributed by atoms with Gasteiger partial charge in [0, 0.05) is 19.0 Å². The average Bonchev–Trinajstić information content (AvgIpc) is 2.85. The Morgan fingerprint density at radius 2 is 2.22 bits per heavy atom. The van der Waals surface area contributed by atoms with Gasteiger partial charge in [0.2, 0.25) is 5.91 Å². The molecule has 0 radical (unpaired) electrons. The zero-order valence-electron chi connectivity index (χ0n) is 11.0. The number of amides is 1. The van der Waals surface area contributed by atoms with Crippen LogP contribution in [0.1, 0.15) is 26.2 Å². The van der Waals surface area contributed by atoms with Crippen LogP contribution in [0.5, 0.6) is 0 Å². The van der Waals surface area contributed by atoms with Gasteiger partial charge in [0.25, 0.3) is 0 Å². The predicted molar refractivity (Wildman–Crippen MR) is 67.9 cm³/mol. The molecule has 1 saturated heterocycles. The van der Waals surface area contributed by atoms with Crippen LogP contribution in [0.3, 0.4) is 0 Å².